The molecule has 0 saturated heterocycles. The number of para-hydroxylation sites is 1. The van der Waals surface area contributed by atoms with Gasteiger partial charge in [-0.3, -0.25) is 4.79 Å². The van der Waals surface area contributed by atoms with Gasteiger partial charge in [-0.1, -0.05) is 41.9 Å². The van der Waals surface area contributed by atoms with E-state index in [2.05, 4.69) is 5.32 Å². The van der Waals surface area contributed by atoms with Crippen molar-refractivity contribution < 1.29 is 18.3 Å². The summed E-state index contributed by atoms with van der Waals surface area (Å²) in [5.74, 6) is -1.31. The van der Waals surface area contributed by atoms with Crippen molar-refractivity contribution in [2.45, 2.75) is 13.3 Å². The van der Waals surface area contributed by atoms with Crippen LogP contribution in [0.3, 0.4) is 0 Å². The Bertz CT molecular complexity index is 1220. The van der Waals surface area contributed by atoms with E-state index in [1.54, 1.807) is 43.3 Å². The van der Waals surface area contributed by atoms with Crippen LogP contribution < -0.4 is 10.1 Å². The third-order valence-electron chi connectivity index (χ3n) is 4.60. The Morgan fingerprint density at radius 2 is 1.81 bits per heavy atom. The largest absolute Gasteiger partial charge is 0.494 e. The van der Waals surface area contributed by atoms with E-state index in [0.29, 0.717) is 34.1 Å². The predicted molar refractivity (Wildman–Crippen MR) is 120 cm³/mol. The Morgan fingerprint density at radius 3 is 2.47 bits per heavy atom. The summed E-state index contributed by atoms with van der Waals surface area (Å²) in [4.78, 5) is 12.5. The first-order valence-electron chi connectivity index (χ1n) is 9.79. The molecule has 0 unspecified atom stereocenters. The van der Waals surface area contributed by atoms with Crippen LogP contribution in [0.15, 0.2) is 66.2 Å². The van der Waals surface area contributed by atoms with E-state index in [-0.39, 0.29) is 23.5 Å². The van der Waals surface area contributed by atoms with Crippen molar-refractivity contribution in [3.05, 3.63) is 99.6 Å². The van der Waals surface area contributed by atoms with Gasteiger partial charge in [0.25, 0.3) is 5.91 Å². The van der Waals surface area contributed by atoms with Crippen LogP contribution >= 0.6 is 11.6 Å². The zero-order valence-corrected chi connectivity index (χ0v) is 17.9. The Kier molecular flexibility index (Phi) is 7.58. The molecule has 162 valence electrons. The highest BCUT2D eigenvalue weighted by Gasteiger charge is 2.16. The highest BCUT2D eigenvalue weighted by atomic mass is 35.5. The first-order chi connectivity index (χ1) is 15.4. The van der Waals surface area contributed by atoms with Crippen molar-refractivity contribution in [3.8, 4) is 11.8 Å². The van der Waals surface area contributed by atoms with Gasteiger partial charge in [0.05, 0.1) is 12.3 Å². The molecule has 4 nitrogen and oxygen atoms in total. The zero-order valence-electron chi connectivity index (χ0n) is 17.2. The van der Waals surface area contributed by atoms with Gasteiger partial charge in [0.2, 0.25) is 0 Å². The van der Waals surface area contributed by atoms with Gasteiger partial charge in [-0.25, -0.2) is 8.78 Å². The van der Waals surface area contributed by atoms with Crippen molar-refractivity contribution in [1.29, 1.82) is 5.26 Å². The van der Waals surface area contributed by atoms with Gasteiger partial charge in [0.1, 0.15) is 29.0 Å². The van der Waals surface area contributed by atoms with Crippen LogP contribution in [0.25, 0.3) is 6.08 Å². The number of nitrogens with one attached hydrogen (secondary N) is 1. The van der Waals surface area contributed by atoms with Gasteiger partial charge in [0.15, 0.2) is 0 Å². The first kappa shape index (κ1) is 23.0. The molecule has 0 bridgehead atoms. The fraction of sp³-hybridized carbons (Fsp3) is 0.120. The number of nitriles is 1. The molecule has 32 heavy (non-hydrogen) atoms. The second-order valence-electron chi connectivity index (χ2n) is 6.78. The van der Waals surface area contributed by atoms with Crippen molar-refractivity contribution in [2.75, 3.05) is 11.9 Å². The number of carbonyl (C=O) groups is 1. The number of benzene rings is 3. The summed E-state index contributed by atoms with van der Waals surface area (Å²) in [5, 5.41) is 12.1. The zero-order chi connectivity index (χ0) is 23.1. The molecular formula is C25H19ClF2N2O2. The van der Waals surface area contributed by atoms with Gasteiger partial charge in [-0.05, 0) is 54.5 Å². The highest BCUT2D eigenvalue weighted by molar-refractivity contribution is 6.31. The minimum atomic E-state index is -0.762. The van der Waals surface area contributed by atoms with E-state index in [1.807, 2.05) is 6.07 Å². The summed E-state index contributed by atoms with van der Waals surface area (Å²) in [5.41, 5.74) is 1.21. The molecule has 7 heteroatoms. The standard InChI is InChI=1S/C25H19ClF2N2O2/c1-2-32-24-13-16(12-20(26)19(24)14-17-7-3-4-8-21(17)27)11-18(15-29)25(31)30-23-10-6-5-9-22(23)28/h3-13H,2,14H2,1H3,(H,30,31)/b18-11+. The Labute approximate surface area is 189 Å². The van der Waals surface area contributed by atoms with Gasteiger partial charge in [0, 0.05) is 17.0 Å². The number of halogens is 3. The molecule has 0 aliphatic heterocycles. The van der Waals surface area contributed by atoms with Gasteiger partial charge >= 0.3 is 0 Å². The van der Waals surface area contributed by atoms with Crippen molar-refractivity contribution in [3.63, 3.8) is 0 Å². The van der Waals surface area contributed by atoms with E-state index in [4.69, 9.17) is 16.3 Å². The summed E-state index contributed by atoms with van der Waals surface area (Å²) in [6.45, 7) is 2.14. The lowest BCUT2D eigenvalue weighted by Crippen LogP contribution is -2.14. The lowest BCUT2D eigenvalue weighted by atomic mass is 10.0. The third kappa shape index (κ3) is 5.51. The Balaban J connectivity index is 1.93. The SMILES string of the molecule is CCOc1cc(/C=C(\C#N)C(=O)Nc2ccccc2F)cc(Cl)c1Cc1ccccc1F. The molecule has 0 radical (unpaired) electrons. The minimum absolute atomic E-state index is 0.0353. The molecule has 3 rings (SSSR count). The number of rotatable bonds is 7. The Hall–Kier alpha value is -3.69. The summed E-state index contributed by atoms with van der Waals surface area (Å²) in [6, 6.07) is 17.0. The normalized spacial score (nSPS) is 11.0. The van der Waals surface area contributed by atoms with E-state index in [9.17, 15) is 18.8 Å². The average molecular weight is 453 g/mol. The van der Waals surface area contributed by atoms with Crippen LogP contribution in [0.2, 0.25) is 5.02 Å². The van der Waals surface area contributed by atoms with Crippen LogP contribution in [0.5, 0.6) is 5.75 Å². The van der Waals surface area contributed by atoms with Crippen LogP contribution in [0, 0.1) is 23.0 Å². The van der Waals surface area contributed by atoms with Crippen LogP contribution in [0.1, 0.15) is 23.6 Å². The molecule has 1 N–H and O–H groups in total. The van der Waals surface area contributed by atoms with Gasteiger partial charge in [-0.2, -0.15) is 5.26 Å². The lowest BCUT2D eigenvalue weighted by Gasteiger charge is -2.14. The monoisotopic (exact) mass is 452 g/mol. The van der Waals surface area contributed by atoms with Crippen LogP contribution in [0.4, 0.5) is 14.5 Å². The molecule has 0 atom stereocenters. The summed E-state index contributed by atoms with van der Waals surface area (Å²) in [6.07, 6.45) is 1.54. The number of carbonyl (C=O) groups excluding carboxylic acids is 1. The van der Waals surface area contributed by atoms with Crippen LogP contribution in [-0.4, -0.2) is 12.5 Å². The van der Waals surface area contributed by atoms with E-state index in [1.165, 1.54) is 30.3 Å². The molecule has 0 aliphatic carbocycles. The number of anilines is 1. The number of hydrogen-bond donors (Lipinski definition) is 1. The fourth-order valence-electron chi connectivity index (χ4n) is 3.07. The molecule has 0 aliphatic rings. The number of hydrogen-bond acceptors (Lipinski definition) is 3. The van der Waals surface area contributed by atoms with E-state index in [0.717, 1.165) is 0 Å². The molecule has 1 amide bonds. The maximum Gasteiger partial charge on any atom is 0.266 e. The highest BCUT2D eigenvalue weighted by Crippen LogP contribution is 2.32. The second kappa shape index (κ2) is 10.6. The summed E-state index contributed by atoms with van der Waals surface area (Å²) < 4.78 is 33.6. The van der Waals surface area contributed by atoms with E-state index >= 15 is 0 Å². The fourth-order valence-corrected chi connectivity index (χ4v) is 3.36. The van der Waals surface area contributed by atoms with E-state index < -0.39 is 11.7 Å². The van der Waals surface area contributed by atoms with Crippen molar-refractivity contribution >= 4 is 29.3 Å². The van der Waals surface area contributed by atoms with Crippen molar-refractivity contribution in [1.82, 2.24) is 0 Å². The topological polar surface area (TPSA) is 62.1 Å². The molecule has 0 saturated carbocycles. The average Bonchev–Trinajstić information content (AvgIpc) is 2.77. The molecule has 0 aromatic heterocycles. The molecule has 0 fully saturated rings. The predicted octanol–water partition coefficient (Wildman–Crippen LogP) is 6.15. The molecule has 3 aromatic rings. The van der Waals surface area contributed by atoms with Gasteiger partial charge < -0.3 is 10.1 Å². The smallest absolute Gasteiger partial charge is 0.266 e. The first-order valence-corrected chi connectivity index (χ1v) is 10.2. The second-order valence-corrected chi connectivity index (χ2v) is 7.19. The molecular weight excluding hydrogens is 434 g/mol. The quantitative estimate of drug-likeness (QED) is 0.345. The number of ether oxygens (including phenoxy) is 1. The molecule has 0 heterocycles. The third-order valence-corrected chi connectivity index (χ3v) is 4.94. The number of nitrogens with zero attached hydrogens (tertiary/aromatic N) is 1. The Morgan fingerprint density at radius 1 is 1.12 bits per heavy atom. The van der Waals surface area contributed by atoms with Gasteiger partial charge in [-0.15, -0.1) is 0 Å². The maximum absolute atomic E-state index is 14.1. The lowest BCUT2D eigenvalue weighted by molar-refractivity contribution is -0.112. The summed E-state index contributed by atoms with van der Waals surface area (Å²) in [7, 11) is 0. The van der Waals surface area contributed by atoms with Crippen molar-refractivity contribution in [2.24, 2.45) is 0 Å². The molecule has 3 aromatic carbocycles. The minimum Gasteiger partial charge on any atom is -0.494 e. The maximum atomic E-state index is 14.1. The molecule has 0 spiro atoms. The van der Waals surface area contributed by atoms with Crippen LogP contribution in [-0.2, 0) is 11.2 Å². The number of amides is 1. The summed E-state index contributed by atoms with van der Waals surface area (Å²) >= 11 is 6.46.